The van der Waals surface area contributed by atoms with E-state index in [1.54, 1.807) is 43.3 Å². The fraction of sp³-hybridized carbons (Fsp3) is 0.0769. The number of nitro benzene ring substituents is 1. The average molecular weight is 229 g/mol. The van der Waals surface area contributed by atoms with E-state index in [4.69, 9.17) is 0 Å². The minimum absolute atomic E-state index is 0.118. The SMILES string of the molecule is Cc1cc(-c2ccc(O)cc2)ccc1[N+](=O)[O-]. The zero-order valence-electron chi connectivity index (χ0n) is 9.25. The molecule has 0 saturated heterocycles. The third-order valence-corrected chi connectivity index (χ3v) is 2.59. The molecule has 0 aliphatic heterocycles. The van der Waals surface area contributed by atoms with Crippen LogP contribution in [0.5, 0.6) is 5.75 Å². The molecule has 86 valence electrons. The summed E-state index contributed by atoms with van der Waals surface area (Å²) in [5.74, 6) is 0.201. The molecule has 0 fully saturated rings. The summed E-state index contributed by atoms with van der Waals surface area (Å²) in [7, 11) is 0. The van der Waals surface area contributed by atoms with E-state index in [0.717, 1.165) is 11.1 Å². The molecule has 0 atom stereocenters. The summed E-state index contributed by atoms with van der Waals surface area (Å²) in [6.45, 7) is 1.71. The first-order chi connectivity index (χ1) is 8.08. The number of phenols is 1. The molecule has 0 radical (unpaired) electrons. The van der Waals surface area contributed by atoms with Crippen molar-refractivity contribution in [3.05, 3.63) is 58.1 Å². The van der Waals surface area contributed by atoms with Gasteiger partial charge in [0.2, 0.25) is 0 Å². The van der Waals surface area contributed by atoms with E-state index in [-0.39, 0.29) is 11.4 Å². The van der Waals surface area contributed by atoms with Crippen LogP contribution in [0.4, 0.5) is 5.69 Å². The predicted molar refractivity (Wildman–Crippen MR) is 64.9 cm³/mol. The zero-order valence-corrected chi connectivity index (χ0v) is 9.25. The van der Waals surface area contributed by atoms with E-state index >= 15 is 0 Å². The van der Waals surface area contributed by atoms with Crippen molar-refractivity contribution in [2.24, 2.45) is 0 Å². The summed E-state index contributed by atoms with van der Waals surface area (Å²) in [5, 5.41) is 19.9. The molecule has 1 N–H and O–H groups in total. The van der Waals surface area contributed by atoms with Crippen molar-refractivity contribution in [1.29, 1.82) is 0 Å². The van der Waals surface area contributed by atoms with Gasteiger partial charge < -0.3 is 5.11 Å². The van der Waals surface area contributed by atoms with Crippen molar-refractivity contribution in [2.75, 3.05) is 0 Å². The van der Waals surface area contributed by atoms with Crippen LogP contribution in [0.25, 0.3) is 11.1 Å². The van der Waals surface area contributed by atoms with Crippen LogP contribution in [0.3, 0.4) is 0 Å². The molecule has 4 heteroatoms. The van der Waals surface area contributed by atoms with Crippen molar-refractivity contribution in [2.45, 2.75) is 6.92 Å². The Balaban J connectivity index is 2.44. The maximum Gasteiger partial charge on any atom is 0.272 e. The van der Waals surface area contributed by atoms with Crippen LogP contribution in [0.1, 0.15) is 5.56 Å². The predicted octanol–water partition coefficient (Wildman–Crippen LogP) is 3.28. The zero-order chi connectivity index (χ0) is 12.4. The van der Waals surface area contributed by atoms with Crippen molar-refractivity contribution in [3.8, 4) is 16.9 Å². The number of nitro groups is 1. The molecule has 0 saturated carbocycles. The Bertz CT molecular complexity index is 561. The number of rotatable bonds is 2. The van der Waals surface area contributed by atoms with Crippen molar-refractivity contribution < 1.29 is 10.0 Å². The third kappa shape index (κ3) is 2.25. The van der Waals surface area contributed by atoms with Gasteiger partial charge in [0, 0.05) is 11.6 Å². The topological polar surface area (TPSA) is 63.4 Å². The highest BCUT2D eigenvalue weighted by Gasteiger charge is 2.10. The quantitative estimate of drug-likeness (QED) is 0.634. The summed E-state index contributed by atoms with van der Waals surface area (Å²) in [6.07, 6.45) is 0. The van der Waals surface area contributed by atoms with E-state index in [1.165, 1.54) is 6.07 Å². The molecule has 2 aromatic carbocycles. The second-order valence-corrected chi connectivity index (χ2v) is 3.81. The van der Waals surface area contributed by atoms with Crippen LogP contribution in [-0.4, -0.2) is 10.0 Å². The molecule has 0 aliphatic rings. The second-order valence-electron chi connectivity index (χ2n) is 3.81. The van der Waals surface area contributed by atoms with Gasteiger partial charge in [-0.1, -0.05) is 12.1 Å². The highest BCUT2D eigenvalue weighted by Crippen LogP contribution is 2.26. The van der Waals surface area contributed by atoms with Gasteiger partial charge in [0.1, 0.15) is 5.75 Å². The van der Waals surface area contributed by atoms with Gasteiger partial charge in [0.25, 0.3) is 5.69 Å². The normalized spacial score (nSPS) is 10.2. The summed E-state index contributed by atoms with van der Waals surface area (Å²) in [5.41, 5.74) is 2.56. The van der Waals surface area contributed by atoms with Gasteiger partial charge in [-0.2, -0.15) is 0 Å². The number of hydrogen-bond acceptors (Lipinski definition) is 3. The van der Waals surface area contributed by atoms with Gasteiger partial charge in [-0.3, -0.25) is 10.1 Å². The van der Waals surface area contributed by atoms with Crippen LogP contribution in [0, 0.1) is 17.0 Å². The maximum atomic E-state index is 10.7. The van der Waals surface area contributed by atoms with Gasteiger partial charge in [0.15, 0.2) is 0 Å². The minimum atomic E-state index is -0.393. The van der Waals surface area contributed by atoms with Gasteiger partial charge in [-0.15, -0.1) is 0 Å². The van der Waals surface area contributed by atoms with Crippen molar-refractivity contribution in [3.63, 3.8) is 0 Å². The highest BCUT2D eigenvalue weighted by atomic mass is 16.6. The van der Waals surface area contributed by atoms with Crippen molar-refractivity contribution in [1.82, 2.24) is 0 Å². The Morgan fingerprint density at radius 1 is 1.06 bits per heavy atom. The van der Waals surface area contributed by atoms with E-state index in [9.17, 15) is 15.2 Å². The first-order valence-electron chi connectivity index (χ1n) is 5.12. The van der Waals surface area contributed by atoms with Gasteiger partial charge in [0.05, 0.1) is 4.92 Å². The molecule has 0 aromatic heterocycles. The van der Waals surface area contributed by atoms with Crippen LogP contribution in [0.15, 0.2) is 42.5 Å². The number of aromatic hydroxyl groups is 1. The van der Waals surface area contributed by atoms with Gasteiger partial charge >= 0.3 is 0 Å². The van der Waals surface area contributed by atoms with Crippen LogP contribution >= 0.6 is 0 Å². The molecule has 4 nitrogen and oxygen atoms in total. The van der Waals surface area contributed by atoms with E-state index in [0.29, 0.717) is 5.56 Å². The monoisotopic (exact) mass is 229 g/mol. The van der Waals surface area contributed by atoms with Crippen LogP contribution in [-0.2, 0) is 0 Å². The third-order valence-electron chi connectivity index (χ3n) is 2.59. The molecule has 0 heterocycles. The lowest BCUT2D eigenvalue weighted by Crippen LogP contribution is -1.91. The molecule has 0 aliphatic carbocycles. The molecule has 2 aromatic rings. The second kappa shape index (κ2) is 4.25. The van der Waals surface area contributed by atoms with Crippen LogP contribution < -0.4 is 0 Å². The molecule has 0 spiro atoms. The largest absolute Gasteiger partial charge is 0.508 e. The summed E-state index contributed by atoms with van der Waals surface area (Å²) < 4.78 is 0. The molecule has 0 bridgehead atoms. The Labute approximate surface area is 98.3 Å². The summed E-state index contributed by atoms with van der Waals surface area (Å²) >= 11 is 0. The Morgan fingerprint density at radius 2 is 1.65 bits per heavy atom. The smallest absolute Gasteiger partial charge is 0.272 e. The summed E-state index contributed by atoms with van der Waals surface area (Å²) in [4.78, 5) is 10.3. The lowest BCUT2D eigenvalue weighted by molar-refractivity contribution is -0.385. The standard InChI is InChI=1S/C13H11NO3/c1-9-8-11(4-7-13(9)14(16)17)10-2-5-12(15)6-3-10/h2-8,15H,1H3. The fourth-order valence-corrected chi connectivity index (χ4v) is 1.69. The number of hydrogen-bond donors (Lipinski definition) is 1. The molecular weight excluding hydrogens is 218 g/mol. The first-order valence-corrected chi connectivity index (χ1v) is 5.12. The van der Waals surface area contributed by atoms with Gasteiger partial charge in [-0.05, 0) is 42.3 Å². The maximum absolute atomic E-state index is 10.7. The highest BCUT2D eigenvalue weighted by molar-refractivity contribution is 5.67. The summed E-state index contributed by atoms with van der Waals surface area (Å²) in [6, 6.07) is 11.7. The van der Waals surface area contributed by atoms with E-state index < -0.39 is 4.92 Å². The Hall–Kier alpha value is -2.36. The van der Waals surface area contributed by atoms with Crippen LogP contribution in [0.2, 0.25) is 0 Å². The molecule has 0 amide bonds. The number of benzene rings is 2. The molecule has 0 unspecified atom stereocenters. The lowest BCUT2D eigenvalue weighted by Gasteiger charge is -2.03. The number of nitrogens with zero attached hydrogens (tertiary/aromatic N) is 1. The number of aryl methyl sites for hydroxylation is 1. The number of phenolic OH excluding ortho intramolecular Hbond substituents is 1. The van der Waals surface area contributed by atoms with E-state index in [1.807, 2.05) is 0 Å². The first kappa shape index (κ1) is 11.1. The molecule has 2 rings (SSSR count). The fourth-order valence-electron chi connectivity index (χ4n) is 1.69. The van der Waals surface area contributed by atoms with Crippen molar-refractivity contribution >= 4 is 5.69 Å². The minimum Gasteiger partial charge on any atom is -0.508 e. The average Bonchev–Trinajstić information content (AvgIpc) is 2.29. The lowest BCUT2D eigenvalue weighted by atomic mass is 10.0. The van der Waals surface area contributed by atoms with E-state index in [2.05, 4.69) is 0 Å². The Morgan fingerprint density at radius 3 is 2.18 bits per heavy atom. The molecule has 17 heavy (non-hydrogen) atoms. The molecular formula is C13H11NO3. The van der Waals surface area contributed by atoms with Gasteiger partial charge in [-0.25, -0.2) is 0 Å². The Kier molecular flexibility index (Phi) is 2.78.